The number of ether oxygens (including phenoxy) is 1. The summed E-state index contributed by atoms with van der Waals surface area (Å²) in [4.78, 5) is 24.3. The fourth-order valence-corrected chi connectivity index (χ4v) is 2.45. The number of rotatable bonds is 8. The molecule has 1 atom stereocenters. The van der Waals surface area contributed by atoms with Gasteiger partial charge in [0, 0.05) is 19.1 Å². The molecule has 20 heavy (non-hydrogen) atoms. The van der Waals surface area contributed by atoms with Crippen molar-refractivity contribution < 1.29 is 19.4 Å². The molecule has 1 rings (SSSR count). The molecule has 2 N–H and O–H groups in total. The molecule has 1 fully saturated rings. The van der Waals surface area contributed by atoms with Crippen LogP contribution in [-0.4, -0.2) is 60.3 Å². The summed E-state index contributed by atoms with van der Waals surface area (Å²) in [5.74, 6) is -0.868. The molecule has 0 aromatic carbocycles. The summed E-state index contributed by atoms with van der Waals surface area (Å²) >= 11 is 0. The van der Waals surface area contributed by atoms with Crippen LogP contribution in [-0.2, 0) is 14.3 Å². The van der Waals surface area contributed by atoms with Gasteiger partial charge in [0.25, 0.3) is 0 Å². The van der Waals surface area contributed by atoms with E-state index in [2.05, 4.69) is 17.1 Å². The van der Waals surface area contributed by atoms with Gasteiger partial charge in [-0.15, -0.1) is 0 Å². The van der Waals surface area contributed by atoms with E-state index in [0.717, 1.165) is 38.8 Å². The topological polar surface area (TPSA) is 78.9 Å². The first-order valence-electron chi connectivity index (χ1n) is 7.36. The lowest BCUT2D eigenvalue weighted by molar-refractivity contribution is -0.145. The largest absolute Gasteiger partial charge is 0.480 e. The number of carboxylic acid groups (broad SMARTS) is 1. The van der Waals surface area contributed by atoms with Gasteiger partial charge in [0.05, 0.1) is 12.6 Å². The molecule has 0 saturated carbocycles. The lowest BCUT2D eigenvalue weighted by Crippen LogP contribution is -2.45. The Morgan fingerprint density at radius 2 is 2.05 bits per heavy atom. The second kappa shape index (κ2) is 8.92. The van der Waals surface area contributed by atoms with Crippen LogP contribution in [0.1, 0.15) is 39.5 Å². The number of hydrogen-bond donors (Lipinski definition) is 2. The molecule has 0 bridgehead atoms. The zero-order chi connectivity index (χ0) is 15.0. The van der Waals surface area contributed by atoms with Gasteiger partial charge in [0.1, 0.15) is 6.61 Å². The first-order chi connectivity index (χ1) is 9.51. The number of likely N-dealkylation sites (tertiary alicyclic amines) is 1. The van der Waals surface area contributed by atoms with E-state index >= 15 is 0 Å². The Bertz CT molecular complexity index is 314. The van der Waals surface area contributed by atoms with E-state index in [0.29, 0.717) is 6.54 Å². The molecule has 0 aromatic rings. The van der Waals surface area contributed by atoms with Crippen LogP contribution in [0.15, 0.2) is 0 Å². The second-order valence-corrected chi connectivity index (χ2v) is 5.44. The summed E-state index contributed by atoms with van der Waals surface area (Å²) in [6, 6.07) is 0.226. The third-order valence-electron chi connectivity index (χ3n) is 3.47. The van der Waals surface area contributed by atoms with Crippen molar-refractivity contribution in [3.63, 3.8) is 0 Å². The van der Waals surface area contributed by atoms with Crippen molar-refractivity contribution in [1.82, 2.24) is 10.2 Å². The maximum Gasteiger partial charge on any atom is 0.329 e. The van der Waals surface area contributed by atoms with Crippen LogP contribution in [0.2, 0.25) is 0 Å². The van der Waals surface area contributed by atoms with Crippen LogP contribution in [0.25, 0.3) is 0 Å². The van der Waals surface area contributed by atoms with E-state index in [1.54, 1.807) is 0 Å². The van der Waals surface area contributed by atoms with E-state index in [1.807, 2.05) is 6.92 Å². The van der Waals surface area contributed by atoms with Crippen LogP contribution in [0.3, 0.4) is 0 Å². The van der Waals surface area contributed by atoms with Crippen molar-refractivity contribution >= 4 is 11.9 Å². The molecule has 1 aliphatic heterocycles. The molecule has 1 saturated heterocycles. The average molecular weight is 286 g/mol. The molecule has 1 unspecified atom stereocenters. The van der Waals surface area contributed by atoms with Gasteiger partial charge >= 0.3 is 5.97 Å². The Balaban J connectivity index is 2.18. The Morgan fingerprint density at radius 3 is 2.60 bits per heavy atom. The zero-order valence-corrected chi connectivity index (χ0v) is 12.4. The van der Waals surface area contributed by atoms with E-state index in [9.17, 15) is 9.59 Å². The lowest BCUT2D eigenvalue weighted by Gasteiger charge is -2.31. The van der Waals surface area contributed by atoms with Gasteiger partial charge < -0.3 is 15.2 Å². The van der Waals surface area contributed by atoms with E-state index < -0.39 is 5.97 Å². The normalized spacial score (nSPS) is 18.7. The Hall–Kier alpha value is -1.14. The number of piperidine rings is 1. The highest BCUT2D eigenvalue weighted by molar-refractivity contribution is 5.78. The highest BCUT2D eigenvalue weighted by Gasteiger charge is 2.22. The molecule has 0 radical (unpaired) electrons. The van der Waals surface area contributed by atoms with E-state index in [-0.39, 0.29) is 24.7 Å². The SMILES string of the molecule is CCCC(C)NC(=O)CN1CCC(OCC(=O)O)CC1. The highest BCUT2D eigenvalue weighted by atomic mass is 16.5. The summed E-state index contributed by atoms with van der Waals surface area (Å²) in [5, 5.41) is 11.5. The highest BCUT2D eigenvalue weighted by Crippen LogP contribution is 2.13. The molecule has 1 amide bonds. The van der Waals surface area contributed by atoms with Crippen LogP contribution in [0, 0.1) is 0 Å². The molecule has 0 spiro atoms. The Morgan fingerprint density at radius 1 is 1.40 bits per heavy atom. The van der Waals surface area contributed by atoms with E-state index in [1.165, 1.54) is 0 Å². The van der Waals surface area contributed by atoms with Crippen molar-refractivity contribution in [1.29, 1.82) is 0 Å². The summed E-state index contributed by atoms with van der Waals surface area (Å²) in [6.45, 7) is 5.86. The summed E-state index contributed by atoms with van der Waals surface area (Å²) in [6.07, 6.45) is 3.63. The van der Waals surface area contributed by atoms with Gasteiger partial charge in [-0.25, -0.2) is 4.79 Å². The molecular formula is C14H26N2O4. The van der Waals surface area contributed by atoms with Crippen molar-refractivity contribution in [2.24, 2.45) is 0 Å². The summed E-state index contributed by atoms with van der Waals surface area (Å²) < 4.78 is 5.27. The van der Waals surface area contributed by atoms with Crippen LogP contribution in [0.5, 0.6) is 0 Å². The first kappa shape index (κ1) is 16.9. The van der Waals surface area contributed by atoms with Crippen molar-refractivity contribution in [2.75, 3.05) is 26.2 Å². The predicted octanol–water partition coefficient (Wildman–Crippen LogP) is 0.857. The fourth-order valence-electron chi connectivity index (χ4n) is 2.45. The third kappa shape index (κ3) is 6.86. The van der Waals surface area contributed by atoms with Gasteiger partial charge in [0.2, 0.25) is 5.91 Å². The van der Waals surface area contributed by atoms with Crippen LogP contribution >= 0.6 is 0 Å². The maximum atomic E-state index is 11.8. The summed E-state index contributed by atoms with van der Waals surface area (Å²) in [5.41, 5.74) is 0. The number of nitrogens with one attached hydrogen (secondary N) is 1. The quantitative estimate of drug-likeness (QED) is 0.692. The number of carboxylic acids is 1. The molecule has 6 nitrogen and oxygen atoms in total. The van der Waals surface area contributed by atoms with Gasteiger partial charge in [-0.05, 0) is 26.2 Å². The van der Waals surface area contributed by atoms with Gasteiger partial charge in [-0.2, -0.15) is 0 Å². The first-order valence-corrected chi connectivity index (χ1v) is 7.36. The molecule has 1 aliphatic rings. The van der Waals surface area contributed by atoms with E-state index in [4.69, 9.17) is 9.84 Å². The number of carbonyl (C=O) groups is 2. The Kier molecular flexibility index (Phi) is 7.54. The lowest BCUT2D eigenvalue weighted by atomic mass is 10.1. The van der Waals surface area contributed by atoms with Crippen molar-refractivity contribution in [3.8, 4) is 0 Å². The number of aliphatic carboxylic acids is 1. The predicted molar refractivity (Wildman–Crippen MR) is 75.6 cm³/mol. The van der Waals surface area contributed by atoms with Gasteiger partial charge in [0.15, 0.2) is 0 Å². The smallest absolute Gasteiger partial charge is 0.329 e. The minimum absolute atomic E-state index is 0.00410. The van der Waals surface area contributed by atoms with Crippen molar-refractivity contribution in [3.05, 3.63) is 0 Å². The molecule has 6 heteroatoms. The number of hydrogen-bond acceptors (Lipinski definition) is 4. The molecule has 116 valence electrons. The van der Waals surface area contributed by atoms with Crippen molar-refractivity contribution in [2.45, 2.75) is 51.7 Å². The van der Waals surface area contributed by atoms with Gasteiger partial charge in [-0.3, -0.25) is 9.69 Å². The minimum atomic E-state index is -0.934. The molecule has 1 heterocycles. The average Bonchev–Trinajstić information content (AvgIpc) is 2.37. The molecular weight excluding hydrogens is 260 g/mol. The number of nitrogens with zero attached hydrogens (tertiary/aromatic N) is 1. The summed E-state index contributed by atoms with van der Waals surface area (Å²) in [7, 11) is 0. The van der Waals surface area contributed by atoms with Crippen LogP contribution in [0.4, 0.5) is 0 Å². The fraction of sp³-hybridized carbons (Fsp3) is 0.857. The van der Waals surface area contributed by atoms with Crippen LogP contribution < -0.4 is 5.32 Å². The second-order valence-electron chi connectivity index (χ2n) is 5.44. The number of carbonyl (C=O) groups excluding carboxylic acids is 1. The molecule has 0 aromatic heterocycles. The Labute approximate surface area is 120 Å². The molecule has 0 aliphatic carbocycles. The maximum absolute atomic E-state index is 11.8. The minimum Gasteiger partial charge on any atom is -0.480 e. The standard InChI is InChI=1S/C14H26N2O4/c1-3-4-11(2)15-13(17)9-16-7-5-12(6-8-16)20-10-14(18)19/h11-12H,3-10H2,1-2H3,(H,15,17)(H,18,19). The zero-order valence-electron chi connectivity index (χ0n) is 12.4. The number of amides is 1. The van der Waals surface area contributed by atoms with Gasteiger partial charge in [-0.1, -0.05) is 13.3 Å². The third-order valence-corrected chi connectivity index (χ3v) is 3.47. The monoisotopic (exact) mass is 286 g/mol.